The smallest absolute Gasteiger partial charge is 0.326 e. The molecule has 15 heavy (non-hydrogen) atoms. The van der Waals surface area contributed by atoms with Crippen LogP contribution in [-0.2, 0) is 9.53 Å². The van der Waals surface area contributed by atoms with Gasteiger partial charge in [-0.1, -0.05) is 0 Å². The summed E-state index contributed by atoms with van der Waals surface area (Å²) in [5.41, 5.74) is -0.351. The van der Waals surface area contributed by atoms with Crippen molar-refractivity contribution in [3.8, 4) is 0 Å². The monoisotopic (exact) mass is 229 g/mol. The summed E-state index contributed by atoms with van der Waals surface area (Å²) in [4.78, 5) is 11.9. The average molecular weight is 229 g/mol. The lowest BCUT2D eigenvalue weighted by molar-refractivity contribution is -0.150. The number of hydrogen-bond donors (Lipinski definition) is 1. The van der Waals surface area contributed by atoms with Gasteiger partial charge in [0.15, 0.2) is 0 Å². The lowest BCUT2D eigenvalue weighted by atomic mass is 9.79. The van der Waals surface area contributed by atoms with Crippen LogP contribution in [0.5, 0.6) is 0 Å². The molecule has 1 atom stereocenters. The van der Waals surface area contributed by atoms with Gasteiger partial charge in [-0.3, -0.25) is 4.79 Å². The summed E-state index contributed by atoms with van der Waals surface area (Å²) in [5, 5.41) is 3.41. The topological polar surface area (TPSA) is 38.3 Å². The molecule has 0 spiro atoms. The van der Waals surface area contributed by atoms with E-state index in [1.54, 1.807) is 0 Å². The highest BCUT2D eigenvalue weighted by atomic mass is 32.2. The fourth-order valence-electron chi connectivity index (χ4n) is 2.83. The van der Waals surface area contributed by atoms with Gasteiger partial charge >= 0.3 is 5.97 Å². The number of thioether (sulfide) groups is 1. The molecule has 86 valence electrons. The van der Waals surface area contributed by atoms with E-state index >= 15 is 0 Å². The predicted molar refractivity (Wildman–Crippen MR) is 62.0 cm³/mol. The Labute approximate surface area is 95.3 Å². The third kappa shape index (κ3) is 2.02. The van der Waals surface area contributed by atoms with Gasteiger partial charge in [0.25, 0.3) is 0 Å². The maximum absolute atomic E-state index is 11.9. The van der Waals surface area contributed by atoms with Gasteiger partial charge < -0.3 is 10.1 Å². The Balaban J connectivity index is 2.13. The third-order valence-electron chi connectivity index (χ3n) is 3.66. The summed E-state index contributed by atoms with van der Waals surface area (Å²) in [6.07, 6.45) is 4.34. The molecular weight excluding hydrogens is 210 g/mol. The van der Waals surface area contributed by atoms with E-state index in [0.29, 0.717) is 5.92 Å². The Kier molecular flexibility index (Phi) is 3.57. The molecule has 1 unspecified atom stereocenters. The summed E-state index contributed by atoms with van der Waals surface area (Å²) < 4.78 is 4.98. The lowest BCUT2D eigenvalue weighted by Gasteiger charge is -2.37. The molecule has 0 aromatic rings. The molecule has 0 aliphatic carbocycles. The number of hydrogen-bond acceptors (Lipinski definition) is 4. The molecule has 0 amide bonds. The molecule has 3 nitrogen and oxygen atoms in total. The van der Waals surface area contributed by atoms with E-state index < -0.39 is 0 Å². The zero-order chi connectivity index (χ0) is 10.7. The van der Waals surface area contributed by atoms with E-state index in [1.165, 1.54) is 18.6 Å². The molecular formula is C11H19NO2S. The van der Waals surface area contributed by atoms with Gasteiger partial charge in [-0.05, 0) is 49.7 Å². The first kappa shape index (κ1) is 11.3. The van der Waals surface area contributed by atoms with E-state index in [4.69, 9.17) is 4.74 Å². The molecule has 4 heteroatoms. The summed E-state index contributed by atoms with van der Waals surface area (Å²) in [6, 6.07) is 0. The maximum Gasteiger partial charge on any atom is 0.326 e. The lowest BCUT2D eigenvalue weighted by Crippen LogP contribution is -2.55. The first-order valence-corrected chi connectivity index (χ1v) is 6.86. The number of rotatable bonds is 2. The Bertz CT molecular complexity index is 233. The van der Waals surface area contributed by atoms with Gasteiger partial charge in [0.2, 0.25) is 0 Å². The molecule has 2 heterocycles. The molecule has 1 N–H and O–H groups in total. The van der Waals surface area contributed by atoms with Gasteiger partial charge in [-0.25, -0.2) is 0 Å². The maximum atomic E-state index is 11.9. The zero-order valence-electron chi connectivity index (χ0n) is 9.25. The van der Waals surface area contributed by atoms with Crippen molar-refractivity contribution < 1.29 is 9.53 Å². The Morgan fingerprint density at radius 3 is 2.73 bits per heavy atom. The van der Waals surface area contributed by atoms with Crippen molar-refractivity contribution in [3.63, 3.8) is 0 Å². The van der Waals surface area contributed by atoms with Crippen LogP contribution in [0.25, 0.3) is 0 Å². The van der Waals surface area contributed by atoms with Gasteiger partial charge in [-0.2, -0.15) is 11.8 Å². The largest absolute Gasteiger partial charge is 0.468 e. The normalized spacial score (nSPS) is 32.9. The third-order valence-corrected chi connectivity index (χ3v) is 4.70. The molecule has 2 rings (SSSR count). The summed E-state index contributed by atoms with van der Waals surface area (Å²) in [6.45, 7) is 0.957. The van der Waals surface area contributed by atoms with Crippen molar-refractivity contribution in [2.45, 2.75) is 31.2 Å². The van der Waals surface area contributed by atoms with Crippen molar-refractivity contribution in [3.05, 3.63) is 0 Å². The van der Waals surface area contributed by atoms with Crippen LogP contribution >= 0.6 is 11.8 Å². The first-order chi connectivity index (χ1) is 7.29. The summed E-state index contributed by atoms with van der Waals surface area (Å²) in [5.74, 6) is 2.81. The van der Waals surface area contributed by atoms with Crippen LogP contribution < -0.4 is 5.32 Å². The average Bonchev–Trinajstić information content (AvgIpc) is 2.79. The fourth-order valence-corrected chi connectivity index (χ4v) is 3.94. The van der Waals surface area contributed by atoms with Gasteiger partial charge in [0.05, 0.1) is 7.11 Å². The van der Waals surface area contributed by atoms with Crippen LogP contribution in [0, 0.1) is 5.92 Å². The second kappa shape index (κ2) is 4.74. The molecule has 0 bridgehead atoms. The van der Waals surface area contributed by atoms with Crippen LogP contribution in [0.4, 0.5) is 0 Å². The Morgan fingerprint density at radius 1 is 1.47 bits per heavy atom. The van der Waals surface area contributed by atoms with Gasteiger partial charge in [-0.15, -0.1) is 0 Å². The van der Waals surface area contributed by atoms with Crippen LogP contribution in [0.2, 0.25) is 0 Å². The zero-order valence-corrected chi connectivity index (χ0v) is 10.1. The molecule has 0 saturated carbocycles. The van der Waals surface area contributed by atoms with E-state index in [1.807, 2.05) is 11.8 Å². The molecule has 2 aliphatic heterocycles. The van der Waals surface area contributed by atoms with Crippen LogP contribution in [0.15, 0.2) is 0 Å². The molecule has 2 saturated heterocycles. The van der Waals surface area contributed by atoms with Crippen molar-refractivity contribution in [1.29, 1.82) is 0 Å². The molecule has 0 radical (unpaired) electrons. The highest BCUT2D eigenvalue weighted by Crippen LogP contribution is 2.37. The number of ether oxygens (including phenoxy) is 1. The SMILES string of the molecule is COC(=O)C1(C2CCSCC2)CCCN1. The summed E-state index contributed by atoms with van der Waals surface area (Å²) in [7, 11) is 1.50. The van der Waals surface area contributed by atoms with Crippen LogP contribution in [0.1, 0.15) is 25.7 Å². The van der Waals surface area contributed by atoms with Crippen molar-refractivity contribution in [1.82, 2.24) is 5.32 Å². The summed E-state index contributed by atoms with van der Waals surface area (Å²) >= 11 is 2.00. The molecule has 0 aromatic heterocycles. The standard InChI is InChI=1S/C11H19NO2S/c1-14-10(13)11(5-2-6-12-11)9-3-7-15-8-4-9/h9,12H,2-8H2,1H3. The quantitative estimate of drug-likeness (QED) is 0.727. The fraction of sp³-hybridized carbons (Fsp3) is 0.909. The van der Waals surface area contributed by atoms with Crippen molar-refractivity contribution in [2.24, 2.45) is 5.92 Å². The van der Waals surface area contributed by atoms with Crippen molar-refractivity contribution >= 4 is 17.7 Å². The van der Waals surface area contributed by atoms with E-state index in [9.17, 15) is 4.79 Å². The number of methoxy groups -OCH3 is 1. The van der Waals surface area contributed by atoms with E-state index in [0.717, 1.165) is 32.2 Å². The highest BCUT2D eigenvalue weighted by Gasteiger charge is 2.48. The highest BCUT2D eigenvalue weighted by molar-refractivity contribution is 7.99. The Hall–Kier alpha value is -0.220. The number of nitrogens with one attached hydrogen (secondary N) is 1. The van der Waals surface area contributed by atoms with Gasteiger partial charge in [0, 0.05) is 0 Å². The second-order valence-corrected chi connectivity index (χ2v) is 5.60. The van der Waals surface area contributed by atoms with E-state index in [2.05, 4.69) is 5.32 Å². The van der Waals surface area contributed by atoms with Crippen molar-refractivity contribution in [2.75, 3.05) is 25.2 Å². The minimum absolute atomic E-state index is 0.0445. The first-order valence-electron chi connectivity index (χ1n) is 5.71. The number of carbonyl (C=O) groups is 1. The van der Waals surface area contributed by atoms with E-state index in [-0.39, 0.29) is 11.5 Å². The molecule has 2 fully saturated rings. The van der Waals surface area contributed by atoms with Crippen LogP contribution in [-0.4, -0.2) is 36.7 Å². The molecule has 2 aliphatic rings. The predicted octanol–water partition coefficient (Wildman–Crippen LogP) is 1.42. The minimum Gasteiger partial charge on any atom is -0.468 e. The number of carbonyl (C=O) groups excluding carboxylic acids is 1. The molecule has 0 aromatic carbocycles. The minimum atomic E-state index is -0.351. The second-order valence-electron chi connectivity index (χ2n) is 4.38. The van der Waals surface area contributed by atoms with Crippen LogP contribution in [0.3, 0.4) is 0 Å². The number of esters is 1. The Morgan fingerprint density at radius 2 is 2.20 bits per heavy atom. The van der Waals surface area contributed by atoms with Gasteiger partial charge in [0.1, 0.15) is 5.54 Å².